The quantitative estimate of drug-likeness (QED) is 0.188. The van der Waals surface area contributed by atoms with Gasteiger partial charge in [0.15, 0.2) is 10.1 Å². The van der Waals surface area contributed by atoms with Crippen molar-refractivity contribution in [1.29, 1.82) is 0 Å². The van der Waals surface area contributed by atoms with E-state index in [9.17, 15) is 48.5 Å². The van der Waals surface area contributed by atoms with E-state index in [0.29, 0.717) is 12.8 Å². The van der Waals surface area contributed by atoms with E-state index < -0.39 is 91.6 Å². The van der Waals surface area contributed by atoms with Crippen molar-refractivity contribution in [2.75, 3.05) is 6.61 Å². The molecule has 10 nitrogen and oxygen atoms in total. The van der Waals surface area contributed by atoms with E-state index in [1.54, 1.807) is 0 Å². The second-order valence-corrected chi connectivity index (χ2v) is 12.6. The van der Waals surface area contributed by atoms with Crippen molar-refractivity contribution < 1.29 is 62.2 Å². The lowest BCUT2D eigenvalue weighted by Crippen LogP contribution is -2.48. The molecule has 4 aliphatic rings. The predicted octanol–water partition coefficient (Wildman–Crippen LogP) is 1.55. The molecule has 1 saturated heterocycles. The first-order valence-corrected chi connectivity index (χ1v) is 14.0. The van der Waals surface area contributed by atoms with Crippen LogP contribution >= 0.6 is 0 Å². The van der Waals surface area contributed by atoms with Crippen molar-refractivity contribution in [2.24, 2.45) is 23.7 Å². The van der Waals surface area contributed by atoms with Crippen molar-refractivity contribution in [3.05, 3.63) is 0 Å². The number of esters is 2. The SMILES string of the molecule is O=C(OC1C2CC3C1OS(=O)(=O)C3C2C(=O)OCCC(F)(F)C(F)(F)S(=O)(=O)[O-])C1CCCCC1. The molecule has 35 heavy (non-hydrogen) atoms. The van der Waals surface area contributed by atoms with Gasteiger partial charge in [-0.15, -0.1) is 0 Å². The fraction of sp³-hybridized carbons (Fsp3) is 0.895. The highest BCUT2D eigenvalue weighted by Crippen LogP contribution is 2.59. The molecular formula is C19H23F4O10S2-. The van der Waals surface area contributed by atoms with Gasteiger partial charge >= 0.3 is 23.1 Å². The smallest absolute Gasteiger partial charge is 0.396 e. The third kappa shape index (κ3) is 4.44. The molecule has 0 N–H and O–H groups in total. The van der Waals surface area contributed by atoms with E-state index in [-0.39, 0.29) is 12.3 Å². The zero-order valence-corrected chi connectivity index (χ0v) is 19.7. The summed E-state index contributed by atoms with van der Waals surface area (Å²) in [5, 5.41) is -7.31. The molecule has 0 amide bonds. The third-order valence-corrected chi connectivity index (χ3v) is 10.1. The molecule has 1 heterocycles. The van der Waals surface area contributed by atoms with Gasteiger partial charge in [0.2, 0.25) is 0 Å². The van der Waals surface area contributed by atoms with E-state index >= 15 is 0 Å². The van der Waals surface area contributed by atoms with Crippen LogP contribution in [0, 0.1) is 23.7 Å². The molecule has 1 aliphatic heterocycles. The molecule has 6 atom stereocenters. The van der Waals surface area contributed by atoms with Gasteiger partial charge in [0.05, 0.1) is 24.9 Å². The minimum Gasteiger partial charge on any atom is -0.743 e. The summed E-state index contributed by atoms with van der Waals surface area (Å²) < 4.78 is 126. The lowest BCUT2D eigenvalue weighted by Gasteiger charge is -2.32. The summed E-state index contributed by atoms with van der Waals surface area (Å²) in [6.07, 6.45) is -0.0923. The Morgan fingerprint density at radius 3 is 2.26 bits per heavy atom. The molecule has 200 valence electrons. The summed E-state index contributed by atoms with van der Waals surface area (Å²) in [4.78, 5) is 25.3. The minimum atomic E-state index is -6.70. The van der Waals surface area contributed by atoms with Gasteiger partial charge < -0.3 is 14.0 Å². The van der Waals surface area contributed by atoms with E-state index in [1.807, 2.05) is 0 Å². The summed E-state index contributed by atoms with van der Waals surface area (Å²) in [7, 11) is -11.0. The molecule has 3 saturated carbocycles. The van der Waals surface area contributed by atoms with E-state index in [2.05, 4.69) is 4.74 Å². The summed E-state index contributed by atoms with van der Waals surface area (Å²) in [5.41, 5.74) is 0. The van der Waals surface area contributed by atoms with Crippen molar-refractivity contribution in [3.63, 3.8) is 0 Å². The molecular weight excluding hydrogens is 528 g/mol. The van der Waals surface area contributed by atoms with Crippen LogP contribution < -0.4 is 0 Å². The average molecular weight is 552 g/mol. The number of hydrogen-bond donors (Lipinski definition) is 0. The fourth-order valence-electron chi connectivity index (χ4n) is 5.73. The summed E-state index contributed by atoms with van der Waals surface area (Å²) in [6, 6.07) is 0. The first kappa shape index (κ1) is 26.5. The normalized spacial score (nSPS) is 34.7. The maximum atomic E-state index is 13.6. The highest BCUT2D eigenvalue weighted by molar-refractivity contribution is 7.87. The molecule has 0 aromatic rings. The molecule has 0 aromatic carbocycles. The lowest BCUT2D eigenvalue weighted by molar-refractivity contribution is -0.179. The second-order valence-electron chi connectivity index (χ2n) is 9.44. The van der Waals surface area contributed by atoms with Crippen LogP contribution in [0.25, 0.3) is 0 Å². The molecule has 16 heteroatoms. The van der Waals surface area contributed by atoms with Crippen LogP contribution in [0.4, 0.5) is 17.6 Å². The lowest BCUT2D eigenvalue weighted by atomic mass is 9.84. The van der Waals surface area contributed by atoms with Crippen LogP contribution in [-0.2, 0) is 43.5 Å². The molecule has 4 fully saturated rings. The molecule has 3 aliphatic carbocycles. The Morgan fingerprint density at radius 2 is 1.66 bits per heavy atom. The monoisotopic (exact) mass is 551 g/mol. The predicted molar refractivity (Wildman–Crippen MR) is 104 cm³/mol. The number of ether oxygens (including phenoxy) is 2. The van der Waals surface area contributed by atoms with Crippen molar-refractivity contribution in [1.82, 2.24) is 0 Å². The van der Waals surface area contributed by atoms with Crippen molar-refractivity contribution >= 4 is 32.2 Å². The Balaban J connectivity index is 1.45. The van der Waals surface area contributed by atoms with Gasteiger partial charge in [0.1, 0.15) is 17.5 Å². The Morgan fingerprint density at radius 1 is 1.03 bits per heavy atom. The maximum Gasteiger partial charge on any atom is 0.396 e. The zero-order valence-electron chi connectivity index (χ0n) is 18.1. The van der Waals surface area contributed by atoms with Gasteiger partial charge in [-0.3, -0.25) is 13.8 Å². The van der Waals surface area contributed by atoms with Crippen LogP contribution in [0.3, 0.4) is 0 Å². The molecule has 6 unspecified atom stereocenters. The van der Waals surface area contributed by atoms with Gasteiger partial charge in [0.25, 0.3) is 10.1 Å². The van der Waals surface area contributed by atoms with Gasteiger partial charge in [-0.2, -0.15) is 26.0 Å². The highest BCUT2D eigenvalue weighted by atomic mass is 32.2. The van der Waals surface area contributed by atoms with Crippen LogP contribution in [-0.4, -0.2) is 68.6 Å². The summed E-state index contributed by atoms with van der Waals surface area (Å²) >= 11 is 0. The standard InChI is InChI=1S/C19H24F4O10S2/c20-18(21,19(22,23)35(28,29)30)6-7-31-17(25)12-10-8-11-14(33-34(26,27)15(11)12)13(10)32-16(24)9-4-2-1-3-5-9/h9-15H,1-8H2,(H,28,29,30)/p-1. The number of halogens is 4. The van der Waals surface area contributed by atoms with E-state index in [1.165, 1.54) is 0 Å². The first-order chi connectivity index (χ1) is 16.1. The van der Waals surface area contributed by atoms with Crippen LogP contribution in [0.5, 0.6) is 0 Å². The van der Waals surface area contributed by atoms with Gasteiger partial charge in [-0.1, -0.05) is 19.3 Å². The Labute approximate surface area is 198 Å². The number of alkyl halides is 4. The van der Waals surface area contributed by atoms with E-state index in [4.69, 9.17) is 8.92 Å². The van der Waals surface area contributed by atoms with Gasteiger partial charge in [0, 0.05) is 11.8 Å². The second kappa shape index (κ2) is 8.80. The molecule has 2 bridgehead atoms. The van der Waals surface area contributed by atoms with Gasteiger partial charge in [-0.05, 0) is 19.3 Å². The number of carbonyl (C=O) groups excluding carboxylic acids is 2. The Kier molecular flexibility index (Phi) is 6.67. The van der Waals surface area contributed by atoms with Crippen LogP contribution in [0.1, 0.15) is 44.9 Å². The first-order valence-electron chi connectivity index (χ1n) is 11.1. The Bertz CT molecular complexity index is 1090. The number of rotatable bonds is 8. The maximum absolute atomic E-state index is 13.6. The number of hydrogen-bond acceptors (Lipinski definition) is 10. The zero-order chi connectivity index (χ0) is 26.0. The van der Waals surface area contributed by atoms with Gasteiger partial charge in [-0.25, -0.2) is 8.42 Å². The summed E-state index contributed by atoms with van der Waals surface area (Å²) in [5.74, 6) is -10.6. The fourth-order valence-corrected chi connectivity index (χ4v) is 8.25. The number of fused-ring (bicyclic) bond motifs is 1. The molecule has 0 aromatic heterocycles. The minimum absolute atomic E-state index is 0.125. The largest absolute Gasteiger partial charge is 0.743 e. The molecule has 0 spiro atoms. The Hall–Kier alpha value is -1.52. The summed E-state index contributed by atoms with van der Waals surface area (Å²) in [6.45, 7) is -1.41. The van der Waals surface area contributed by atoms with Crippen LogP contribution in [0.2, 0.25) is 0 Å². The van der Waals surface area contributed by atoms with Crippen molar-refractivity contribution in [3.8, 4) is 0 Å². The van der Waals surface area contributed by atoms with Crippen molar-refractivity contribution in [2.45, 2.75) is 73.6 Å². The molecule has 4 rings (SSSR count). The molecule has 0 radical (unpaired) electrons. The average Bonchev–Trinajstić information content (AvgIpc) is 3.36. The van der Waals surface area contributed by atoms with Crippen LogP contribution in [0.15, 0.2) is 0 Å². The number of carbonyl (C=O) groups is 2. The topological polar surface area (TPSA) is 153 Å². The third-order valence-electron chi connectivity index (χ3n) is 7.39. The highest BCUT2D eigenvalue weighted by Gasteiger charge is 2.72. The van der Waals surface area contributed by atoms with E-state index in [0.717, 1.165) is 19.3 Å².